The monoisotopic (exact) mass is 424 g/mol. The summed E-state index contributed by atoms with van der Waals surface area (Å²) in [5.74, 6) is -4.55. The Hall–Kier alpha value is -2.45. The molecule has 0 saturated heterocycles. The Labute approximate surface area is 170 Å². The number of rotatable bonds is 5. The Morgan fingerprint density at radius 1 is 1.17 bits per heavy atom. The Morgan fingerprint density at radius 2 is 1.86 bits per heavy atom. The molecule has 0 aliphatic heterocycles. The summed E-state index contributed by atoms with van der Waals surface area (Å²) in [6, 6.07) is 4.57. The lowest BCUT2D eigenvalue weighted by Crippen LogP contribution is -2.41. The standard InChI is InChI=1S/C20H20ClF3N4O/c1-10(12-6-5-7-15(17(12)22)20(23,24)19(3,4)29)26-18-13-8-16(21)25-9-14(13)11(2)27-28-18/h5-10,29H,1-4H3,(H,26,28)/t10-/m1/s1. The summed E-state index contributed by atoms with van der Waals surface area (Å²) < 4.78 is 44.1. The first kappa shape index (κ1) is 21.3. The first-order chi connectivity index (χ1) is 13.4. The van der Waals surface area contributed by atoms with E-state index in [2.05, 4.69) is 20.5 Å². The molecular formula is C20H20ClF3N4O. The minimum atomic E-state index is -3.78. The molecule has 29 heavy (non-hydrogen) atoms. The number of pyridine rings is 1. The largest absolute Gasteiger partial charge is 0.384 e. The fourth-order valence-corrected chi connectivity index (χ4v) is 3.15. The summed E-state index contributed by atoms with van der Waals surface area (Å²) in [4.78, 5) is 4.03. The average Bonchev–Trinajstić information content (AvgIpc) is 2.63. The molecule has 154 valence electrons. The lowest BCUT2D eigenvalue weighted by Gasteiger charge is -2.30. The van der Waals surface area contributed by atoms with E-state index in [0.29, 0.717) is 22.3 Å². The van der Waals surface area contributed by atoms with Gasteiger partial charge in [0, 0.05) is 22.5 Å². The molecule has 0 fully saturated rings. The first-order valence-corrected chi connectivity index (χ1v) is 9.25. The number of nitrogens with zero attached hydrogens (tertiary/aromatic N) is 3. The van der Waals surface area contributed by atoms with Crippen molar-refractivity contribution in [2.75, 3.05) is 5.32 Å². The molecule has 2 aromatic heterocycles. The lowest BCUT2D eigenvalue weighted by atomic mass is 9.91. The van der Waals surface area contributed by atoms with E-state index in [9.17, 15) is 18.3 Å². The molecule has 0 amide bonds. The summed E-state index contributed by atoms with van der Waals surface area (Å²) in [6.07, 6.45) is 1.56. The van der Waals surface area contributed by atoms with Crippen molar-refractivity contribution in [1.82, 2.24) is 15.2 Å². The molecule has 0 radical (unpaired) electrons. The summed E-state index contributed by atoms with van der Waals surface area (Å²) in [7, 11) is 0. The van der Waals surface area contributed by atoms with Gasteiger partial charge in [-0.3, -0.25) is 0 Å². The van der Waals surface area contributed by atoms with Gasteiger partial charge in [0.15, 0.2) is 5.82 Å². The predicted molar refractivity (Wildman–Crippen MR) is 106 cm³/mol. The zero-order valence-corrected chi connectivity index (χ0v) is 17.0. The SMILES string of the molecule is Cc1nnc(N[C@H](C)c2cccc(C(F)(F)C(C)(C)O)c2F)c2cc(Cl)ncc12. The van der Waals surface area contributed by atoms with Crippen molar-refractivity contribution in [2.24, 2.45) is 0 Å². The van der Waals surface area contributed by atoms with Gasteiger partial charge in [0.25, 0.3) is 0 Å². The molecule has 0 saturated carbocycles. The predicted octanol–water partition coefficient (Wildman–Crippen LogP) is 5.16. The summed E-state index contributed by atoms with van der Waals surface area (Å²) in [5, 5.41) is 22.5. The highest BCUT2D eigenvalue weighted by Gasteiger charge is 2.49. The average molecular weight is 425 g/mol. The molecule has 1 atom stereocenters. The van der Waals surface area contributed by atoms with Gasteiger partial charge in [-0.2, -0.15) is 13.9 Å². The van der Waals surface area contributed by atoms with Gasteiger partial charge in [-0.05, 0) is 39.8 Å². The number of hydrogen-bond acceptors (Lipinski definition) is 5. The molecule has 1 aromatic carbocycles. The second-order valence-corrected chi connectivity index (χ2v) is 7.78. The van der Waals surface area contributed by atoms with Crippen LogP contribution in [0.25, 0.3) is 10.8 Å². The van der Waals surface area contributed by atoms with Gasteiger partial charge in [-0.15, -0.1) is 5.10 Å². The molecule has 9 heteroatoms. The van der Waals surface area contributed by atoms with Gasteiger partial charge in [0.2, 0.25) is 0 Å². The molecule has 5 nitrogen and oxygen atoms in total. The van der Waals surface area contributed by atoms with Crippen LogP contribution in [0.1, 0.15) is 43.6 Å². The number of hydrogen-bond donors (Lipinski definition) is 2. The first-order valence-electron chi connectivity index (χ1n) is 8.87. The van der Waals surface area contributed by atoms with E-state index in [1.165, 1.54) is 12.1 Å². The van der Waals surface area contributed by atoms with Crippen LogP contribution < -0.4 is 5.32 Å². The molecule has 0 spiro atoms. The van der Waals surface area contributed by atoms with Gasteiger partial charge < -0.3 is 10.4 Å². The molecule has 0 bridgehead atoms. The van der Waals surface area contributed by atoms with Crippen molar-refractivity contribution in [3.05, 3.63) is 58.3 Å². The van der Waals surface area contributed by atoms with Crippen LogP contribution in [0.3, 0.4) is 0 Å². The van der Waals surface area contributed by atoms with E-state index in [1.807, 2.05) is 0 Å². The highest BCUT2D eigenvalue weighted by atomic mass is 35.5. The number of nitrogens with one attached hydrogen (secondary N) is 1. The topological polar surface area (TPSA) is 70.9 Å². The van der Waals surface area contributed by atoms with Crippen LogP contribution in [0.5, 0.6) is 0 Å². The Balaban J connectivity index is 2.02. The fraction of sp³-hybridized carbons (Fsp3) is 0.350. The van der Waals surface area contributed by atoms with Crippen LogP contribution in [-0.4, -0.2) is 25.9 Å². The van der Waals surface area contributed by atoms with Crippen LogP contribution in [0.15, 0.2) is 30.5 Å². The molecule has 2 N–H and O–H groups in total. The van der Waals surface area contributed by atoms with Gasteiger partial charge in [0.1, 0.15) is 16.6 Å². The summed E-state index contributed by atoms with van der Waals surface area (Å²) in [6.45, 7) is 5.25. The van der Waals surface area contributed by atoms with Gasteiger partial charge >= 0.3 is 5.92 Å². The molecule has 0 unspecified atom stereocenters. The molecule has 0 aliphatic carbocycles. The third kappa shape index (κ3) is 3.86. The number of benzene rings is 1. The van der Waals surface area contributed by atoms with Crippen LogP contribution in [0, 0.1) is 12.7 Å². The third-order valence-corrected chi connectivity index (χ3v) is 4.98. The zero-order chi connectivity index (χ0) is 21.6. The maximum absolute atomic E-state index is 15.0. The minimum absolute atomic E-state index is 0.00195. The van der Waals surface area contributed by atoms with E-state index in [-0.39, 0.29) is 10.7 Å². The van der Waals surface area contributed by atoms with E-state index < -0.39 is 28.9 Å². The molecule has 2 heterocycles. The van der Waals surface area contributed by atoms with E-state index in [1.54, 1.807) is 26.1 Å². The van der Waals surface area contributed by atoms with Crippen molar-refractivity contribution in [1.29, 1.82) is 0 Å². The van der Waals surface area contributed by atoms with Gasteiger partial charge in [-0.25, -0.2) is 9.37 Å². The third-order valence-electron chi connectivity index (χ3n) is 4.77. The molecule has 3 rings (SSSR count). The number of aryl methyl sites for hydroxylation is 1. The number of halogens is 4. The second kappa shape index (κ2) is 7.42. The zero-order valence-electron chi connectivity index (χ0n) is 16.3. The van der Waals surface area contributed by atoms with E-state index in [0.717, 1.165) is 19.9 Å². The Morgan fingerprint density at radius 3 is 2.52 bits per heavy atom. The van der Waals surface area contributed by atoms with Gasteiger partial charge in [-0.1, -0.05) is 23.7 Å². The van der Waals surface area contributed by atoms with Crippen molar-refractivity contribution >= 4 is 28.2 Å². The number of anilines is 1. The second-order valence-electron chi connectivity index (χ2n) is 7.39. The van der Waals surface area contributed by atoms with Crippen molar-refractivity contribution in [2.45, 2.75) is 45.3 Å². The number of aromatic nitrogens is 3. The lowest BCUT2D eigenvalue weighted by molar-refractivity contribution is -0.170. The van der Waals surface area contributed by atoms with Crippen molar-refractivity contribution < 1.29 is 18.3 Å². The fourth-order valence-electron chi connectivity index (χ4n) is 2.99. The van der Waals surface area contributed by atoms with E-state index >= 15 is 0 Å². The van der Waals surface area contributed by atoms with Crippen LogP contribution in [-0.2, 0) is 5.92 Å². The summed E-state index contributed by atoms with van der Waals surface area (Å²) >= 11 is 5.98. The van der Waals surface area contributed by atoms with Gasteiger partial charge in [0.05, 0.1) is 17.3 Å². The smallest absolute Gasteiger partial charge is 0.303 e. The highest BCUT2D eigenvalue weighted by Crippen LogP contribution is 2.41. The number of aliphatic hydroxyl groups is 1. The normalized spacial score (nSPS) is 13.6. The maximum Gasteiger partial charge on any atom is 0.303 e. The summed E-state index contributed by atoms with van der Waals surface area (Å²) in [5.41, 5.74) is -2.66. The van der Waals surface area contributed by atoms with Crippen LogP contribution in [0.4, 0.5) is 19.0 Å². The van der Waals surface area contributed by atoms with Crippen molar-refractivity contribution in [3.63, 3.8) is 0 Å². The van der Waals surface area contributed by atoms with E-state index in [4.69, 9.17) is 11.6 Å². The molecular weight excluding hydrogens is 405 g/mol. The number of alkyl halides is 2. The number of fused-ring (bicyclic) bond motifs is 1. The van der Waals surface area contributed by atoms with Crippen LogP contribution in [0.2, 0.25) is 5.15 Å². The Kier molecular flexibility index (Phi) is 5.44. The Bertz CT molecular complexity index is 1070. The molecule has 3 aromatic rings. The quantitative estimate of drug-likeness (QED) is 0.553. The van der Waals surface area contributed by atoms with Crippen molar-refractivity contribution in [3.8, 4) is 0 Å². The van der Waals surface area contributed by atoms with Crippen LogP contribution >= 0.6 is 11.6 Å². The minimum Gasteiger partial charge on any atom is -0.384 e. The highest BCUT2D eigenvalue weighted by molar-refractivity contribution is 6.30. The molecule has 0 aliphatic rings. The maximum atomic E-state index is 15.0.